The number of hydrogen-bond acceptors (Lipinski definition) is 3. The molecule has 3 N–H and O–H groups in total. The molecule has 0 aromatic rings. The van der Waals surface area contributed by atoms with Gasteiger partial charge < -0.3 is 15.3 Å². The summed E-state index contributed by atoms with van der Waals surface area (Å²) in [6, 6.07) is 0. The van der Waals surface area contributed by atoms with Gasteiger partial charge in [0.05, 0.1) is 0 Å². The molecule has 7 heavy (non-hydrogen) atoms. The molecule has 0 unspecified atom stereocenters. The van der Waals surface area contributed by atoms with E-state index in [1.54, 1.807) is 0 Å². The molecule has 0 amide bonds. The van der Waals surface area contributed by atoms with Crippen molar-refractivity contribution in [2.45, 2.75) is 0 Å². The molecule has 43 valence electrons. The van der Waals surface area contributed by atoms with Crippen LogP contribution in [0.15, 0.2) is 0 Å². The summed E-state index contributed by atoms with van der Waals surface area (Å²) in [5.74, 6) is 0. The van der Waals surface area contributed by atoms with Gasteiger partial charge in [-0.1, -0.05) is 0 Å². The molecular weight excluding hydrogens is 132 g/mol. The summed E-state index contributed by atoms with van der Waals surface area (Å²) < 4.78 is 0. The third-order valence-corrected chi connectivity index (χ3v) is 0. The average molecular weight is 141 g/mol. The molecule has 0 aromatic carbocycles. The maximum atomic E-state index is 6.75. The number of rotatable bonds is 0. The number of aliphatic hydroxyl groups is 3. The fourth-order valence-electron chi connectivity index (χ4n) is 0. The van der Waals surface area contributed by atoms with E-state index in [0.717, 1.165) is 0 Å². The van der Waals surface area contributed by atoms with E-state index in [4.69, 9.17) is 15.3 Å². The average Bonchev–Trinajstić information content (AvgIpc) is 1.81. The predicted molar refractivity (Wildman–Crippen MR) is 21.9 cm³/mol. The Hall–Kier alpha value is 0.594. The summed E-state index contributed by atoms with van der Waals surface area (Å²) in [6.07, 6.45) is 0. The van der Waals surface area contributed by atoms with Crippen molar-refractivity contribution in [1.82, 2.24) is 0 Å². The zero-order chi connectivity index (χ0) is 6.00. The minimum absolute atomic E-state index is 0. The second-order valence-corrected chi connectivity index (χ2v) is 0. The van der Waals surface area contributed by atoms with Gasteiger partial charge >= 0.3 is 21.7 Å². The summed E-state index contributed by atoms with van der Waals surface area (Å²) in [5, 5.41) is 20.2. The van der Waals surface area contributed by atoms with Crippen molar-refractivity contribution >= 4 is 0 Å². The monoisotopic (exact) mass is 141 g/mol. The van der Waals surface area contributed by atoms with E-state index in [1.165, 1.54) is 0 Å². The van der Waals surface area contributed by atoms with Gasteiger partial charge in [-0.05, 0) is 0 Å². The Morgan fingerprint density at radius 3 is 0.571 bits per heavy atom. The van der Waals surface area contributed by atoms with Crippen LogP contribution < -0.4 is 0 Å². The van der Waals surface area contributed by atoms with Gasteiger partial charge in [0.2, 0.25) is 0 Å². The van der Waals surface area contributed by atoms with Crippen molar-refractivity contribution in [1.29, 1.82) is 0 Å². The van der Waals surface area contributed by atoms with E-state index in [2.05, 4.69) is 21.3 Å². The maximum absolute atomic E-state index is 6.75. The van der Waals surface area contributed by atoms with Crippen LogP contribution in [0.25, 0.3) is 0 Å². The third-order valence-electron chi connectivity index (χ3n) is 0. The van der Waals surface area contributed by atoms with Crippen molar-refractivity contribution in [3.05, 3.63) is 21.3 Å². The van der Waals surface area contributed by atoms with Gasteiger partial charge in [0, 0.05) is 0 Å². The van der Waals surface area contributed by atoms with E-state index in [-0.39, 0.29) is 21.7 Å². The zero-order valence-electron chi connectivity index (χ0n) is 3.96. The van der Waals surface area contributed by atoms with Crippen molar-refractivity contribution in [2.24, 2.45) is 0 Å². The van der Waals surface area contributed by atoms with Crippen LogP contribution in [0.2, 0.25) is 0 Å². The second-order valence-electron chi connectivity index (χ2n) is 0. The number of hydrogen-bond donors (Lipinski definition) is 3. The van der Waals surface area contributed by atoms with E-state index in [1.807, 2.05) is 0 Å². The second kappa shape index (κ2) is 584. The molecule has 0 heterocycles. The topological polar surface area (TPSA) is 60.7 Å². The molecule has 0 spiro atoms. The van der Waals surface area contributed by atoms with Gasteiger partial charge in [0.1, 0.15) is 0 Å². The van der Waals surface area contributed by atoms with Crippen LogP contribution in [0.4, 0.5) is 0 Å². The molecule has 0 atom stereocenters. The maximum Gasteiger partial charge on any atom is 3.00 e. The fraction of sp³-hybridized carbons (Fsp3) is 0. The van der Waals surface area contributed by atoms with Crippen molar-refractivity contribution < 1.29 is 37.0 Å². The normalized spacial score (nSPS) is 2.57. The summed E-state index contributed by atoms with van der Waals surface area (Å²) >= 11 is 0. The van der Waals surface area contributed by atoms with Gasteiger partial charge in [-0.15, -0.1) is 0 Å². The van der Waals surface area contributed by atoms with Gasteiger partial charge in [0.25, 0.3) is 0 Å². The Balaban J connectivity index is -0.00000000900. The molecule has 0 fully saturated rings. The van der Waals surface area contributed by atoms with Crippen LogP contribution >= 0.6 is 0 Å². The first-order chi connectivity index (χ1) is 3.00. The minimum Gasteiger partial charge on any atom is -0.569 e. The molecule has 3 nitrogen and oxygen atoms in total. The Bertz CT molecular complexity index is 10.1. The van der Waals surface area contributed by atoms with Crippen molar-refractivity contribution in [3.63, 3.8) is 0 Å². The van der Waals surface area contributed by atoms with Crippen LogP contribution in [0.5, 0.6) is 0 Å². The Kier molecular flexibility index (Phi) is 2130. The standard InChI is InChI=1S/3CH3O.Ti/c3*1-2;/h3*2H,1H2;/q3*-1;+3. The number of aliphatic hydroxyl groups excluding tert-OH is 3. The molecule has 0 saturated heterocycles. The van der Waals surface area contributed by atoms with Crippen LogP contribution in [-0.4, -0.2) is 15.3 Å². The van der Waals surface area contributed by atoms with E-state index < -0.39 is 0 Å². The van der Waals surface area contributed by atoms with Crippen LogP contribution in [0, 0.1) is 21.3 Å². The van der Waals surface area contributed by atoms with Crippen LogP contribution in [-0.2, 0) is 21.7 Å². The first-order valence-electron chi connectivity index (χ1n) is 0.949. The van der Waals surface area contributed by atoms with Gasteiger partial charge in [-0.2, -0.15) is 0 Å². The van der Waals surface area contributed by atoms with Gasteiger partial charge in [-0.3, -0.25) is 0 Å². The van der Waals surface area contributed by atoms with E-state index >= 15 is 0 Å². The van der Waals surface area contributed by atoms with Crippen LogP contribution in [0.3, 0.4) is 0 Å². The van der Waals surface area contributed by atoms with Crippen LogP contribution in [0.1, 0.15) is 0 Å². The van der Waals surface area contributed by atoms with Gasteiger partial charge in [0.15, 0.2) is 0 Å². The largest absolute Gasteiger partial charge is 3.00 e. The summed E-state index contributed by atoms with van der Waals surface area (Å²) in [6.45, 7) is 0. The molecule has 0 aromatic heterocycles. The molecule has 0 rings (SSSR count). The summed E-state index contributed by atoms with van der Waals surface area (Å²) in [7, 11) is 6.75. The zero-order valence-corrected chi connectivity index (χ0v) is 5.52. The summed E-state index contributed by atoms with van der Waals surface area (Å²) in [4.78, 5) is 0. The first-order valence-corrected chi connectivity index (χ1v) is 0.949. The SMILES string of the molecule is [CH2-]O.[CH2-]O.[CH2-]O.[Ti+3]. The molecule has 0 aliphatic rings. The molecular formula is C3H9O3Ti. The third kappa shape index (κ3) is 394. The molecule has 1 radical (unpaired) electrons. The van der Waals surface area contributed by atoms with Crippen molar-refractivity contribution in [2.75, 3.05) is 0 Å². The first kappa shape index (κ1) is 25.6. The van der Waals surface area contributed by atoms with Gasteiger partial charge in [-0.25, -0.2) is 21.3 Å². The fourth-order valence-corrected chi connectivity index (χ4v) is 0. The minimum atomic E-state index is 0. The predicted octanol–water partition coefficient (Wildman–Crippen LogP) is 0.449. The summed E-state index contributed by atoms with van der Waals surface area (Å²) in [5.41, 5.74) is 0. The Morgan fingerprint density at radius 2 is 0.571 bits per heavy atom. The quantitative estimate of drug-likeness (QED) is 0.339. The Morgan fingerprint density at radius 1 is 0.571 bits per heavy atom. The Labute approximate surface area is 58.9 Å². The molecule has 4 heteroatoms. The smallest absolute Gasteiger partial charge is 0.569 e. The van der Waals surface area contributed by atoms with Crippen molar-refractivity contribution in [3.8, 4) is 0 Å². The van der Waals surface area contributed by atoms with E-state index in [9.17, 15) is 0 Å². The molecule has 0 aliphatic heterocycles. The molecule has 0 bridgehead atoms. The molecule has 0 aliphatic carbocycles. The molecule has 0 saturated carbocycles. The van der Waals surface area contributed by atoms with E-state index in [0.29, 0.717) is 0 Å².